The molecule has 0 aliphatic heterocycles. The van der Waals surface area contributed by atoms with Crippen molar-refractivity contribution in [2.24, 2.45) is 0 Å². The summed E-state index contributed by atoms with van der Waals surface area (Å²) in [6, 6.07) is 8.79. The van der Waals surface area contributed by atoms with Crippen molar-refractivity contribution in [1.29, 1.82) is 0 Å². The zero-order valence-corrected chi connectivity index (χ0v) is 11.9. The largest absolute Gasteiger partial charge is 0.384 e. The summed E-state index contributed by atoms with van der Waals surface area (Å²) >= 11 is 0. The van der Waals surface area contributed by atoms with Gasteiger partial charge in [0.2, 0.25) is 0 Å². The monoisotopic (exact) mass is 273 g/mol. The van der Waals surface area contributed by atoms with Gasteiger partial charge in [0.1, 0.15) is 17.1 Å². The predicted octanol–water partition coefficient (Wildman–Crippen LogP) is 1.89. The number of pyridine rings is 2. The molecule has 0 saturated heterocycles. The molecule has 2 aromatic heterocycles. The highest BCUT2D eigenvalue weighted by atomic mass is 16.3. The molecule has 20 heavy (non-hydrogen) atoms. The minimum absolute atomic E-state index is 0.158. The molecule has 0 bridgehead atoms. The second-order valence-corrected chi connectivity index (χ2v) is 5.07. The average Bonchev–Trinajstić information content (AvgIpc) is 2.41. The van der Waals surface area contributed by atoms with Crippen LogP contribution in [0, 0.1) is 0 Å². The maximum absolute atomic E-state index is 12.3. The van der Waals surface area contributed by atoms with Gasteiger partial charge in [0.05, 0.1) is 5.69 Å². The van der Waals surface area contributed by atoms with Gasteiger partial charge in [0.15, 0.2) is 0 Å². The Morgan fingerprint density at radius 2 is 2.05 bits per heavy atom. The van der Waals surface area contributed by atoms with Crippen molar-refractivity contribution in [1.82, 2.24) is 9.55 Å². The Labute approximate surface area is 117 Å². The fourth-order valence-corrected chi connectivity index (χ4v) is 1.90. The fraction of sp³-hybridized carbons (Fsp3) is 0.333. The molecule has 0 aromatic carbocycles. The Morgan fingerprint density at radius 1 is 1.30 bits per heavy atom. The van der Waals surface area contributed by atoms with Gasteiger partial charge < -0.3 is 10.4 Å². The Bertz CT molecular complexity index is 657. The maximum Gasteiger partial charge on any atom is 0.279 e. The highest BCUT2D eigenvalue weighted by Gasteiger charge is 2.18. The summed E-state index contributed by atoms with van der Waals surface area (Å²) in [4.78, 5) is 16.7. The van der Waals surface area contributed by atoms with Crippen molar-refractivity contribution in [2.45, 2.75) is 26.4 Å². The summed E-state index contributed by atoms with van der Waals surface area (Å²) in [5, 5.41) is 13.0. The van der Waals surface area contributed by atoms with E-state index in [1.54, 1.807) is 50.4 Å². The summed E-state index contributed by atoms with van der Waals surface area (Å²) in [5.41, 5.74) is -0.144. The molecular weight excluding hydrogens is 254 g/mol. The van der Waals surface area contributed by atoms with Crippen LogP contribution in [0.5, 0.6) is 0 Å². The van der Waals surface area contributed by atoms with Gasteiger partial charge in [0, 0.05) is 12.7 Å². The molecule has 2 aromatic rings. The zero-order chi connectivity index (χ0) is 14.8. The number of anilines is 1. The minimum atomic E-state index is -1.04. The van der Waals surface area contributed by atoms with Crippen LogP contribution in [0.3, 0.4) is 0 Å². The molecule has 0 amide bonds. The number of hydrogen-bond donors (Lipinski definition) is 2. The maximum atomic E-state index is 12.3. The lowest BCUT2D eigenvalue weighted by Gasteiger charge is -2.17. The fourth-order valence-electron chi connectivity index (χ4n) is 1.90. The molecule has 0 unspecified atom stereocenters. The molecule has 5 heteroatoms. The highest BCUT2D eigenvalue weighted by molar-refractivity contribution is 5.42. The van der Waals surface area contributed by atoms with Crippen LogP contribution in [-0.2, 0) is 5.60 Å². The summed E-state index contributed by atoms with van der Waals surface area (Å²) < 4.78 is 1.47. The van der Waals surface area contributed by atoms with E-state index in [1.807, 2.05) is 6.92 Å². The van der Waals surface area contributed by atoms with E-state index in [0.717, 1.165) is 0 Å². The van der Waals surface area contributed by atoms with E-state index >= 15 is 0 Å². The number of nitrogens with one attached hydrogen (secondary N) is 1. The van der Waals surface area contributed by atoms with Crippen LogP contribution in [0.2, 0.25) is 0 Å². The van der Waals surface area contributed by atoms with Crippen LogP contribution < -0.4 is 10.9 Å². The molecule has 2 N–H and O–H groups in total. The molecule has 0 aliphatic rings. The quantitative estimate of drug-likeness (QED) is 0.892. The van der Waals surface area contributed by atoms with E-state index in [2.05, 4.69) is 10.3 Å². The van der Waals surface area contributed by atoms with Crippen molar-refractivity contribution in [3.8, 4) is 5.82 Å². The van der Waals surface area contributed by atoms with Gasteiger partial charge in [-0.15, -0.1) is 0 Å². The Morgan fingerprint density at radius 3 is 2.70 bits per heavy atom. The molecule has 0 aliphatic carbocycles. The Balaban J connectivity index is 2.52. The van der Waals surface area contributed by atoms with Gasteiger partial charge in [-0.2, -0.15) is 0 Å². The van der Waals surface area contributed by atoms with Gasteiger partial charge in [0.25, 0.3) is 5.56 Å². The summed E-state index contributed by atoms with van der Waals surface area (Å²) in [5.74, 6) is 0.495. The normalized spacial score (nSPS) is 11.4. The van der Waals surface area contributed by atoms with Gasteiger partial charge in [-0.1, -0.05) is 6.07 Å². The lowest BCUT2D eigenvalue weighted by molar-refractivity contribution is 0.0738. The third-order valence-corrected chi connectivity index (χ3v) is 2.92. The minimum Gasteiger partial charge on any atom is -0.384 e. The van der Waals surface area contributed by atoms with Crippen molar-refractivity contribution >= 4 is 5.69 Å². The Hall–Kier alpha value is -2.14. The van der Waals surface area contributed by atoms with E-state index < -0.39 is 5.60 Å². The lowest BCUT2D eigenvalue weighted by atomic mass is 10.1. The number of nitrogens with zero attached hydrogens (tertiary/aromatic N) is 2. The number of rotatable bonds is 4. The van der Waals surface area contributed by atoms with Crippen molar-refractivity contribution in [3.63, 3.8) is 0 Å². The third-order valence-electron chi connectivity index (χ3n) is 2.92. The van der Waals surface area contributed by atoms with E-state index in [0.29, 0.717) is 23.7 Å². The molecule has 2 heterocycles. The van der Waals surface area contributed by atoms with Crippen LogP contribution in [-0.4, -0.2) is 21.2 Å². The molecule has 2 rings (SSSR count). The SMILES string of the molecule is CCNc1cccn(-c2cccc(C(C)(C)O)n2)c1=O. The molecule has 5 nitrogen and oxygen atoms in total. The first-order chi connectivity index (χ1) is 9.43. The van der Waals surface area contributed by atoms with Crippen LogP contribution >= 0.6 is 0 Å². The van der Waals surface area contributed by atoms with Gasteiger partial charge in [-0.25, -0.2) is 4.98 Å². The summed E-state index contributed by atoms with van der Waals surface area (Å²) in [6.07, 6.45) is 1.67. The number of aromatic nitrogens is 2. The number of hydrogen-bond acceptors (Lipinski definition) is 4. The second-order valence-electron chi connectivity index (χ2n) is 5.07. The van der Waals surface area contributed by atoms with Crippen LogP contribution in [0.1, 0.15) is 26.5 Å². The first kappa shape index (κ1) is 14.3. The van der Waals surface area contributed by atoms with Crippen LogP contribution in [0.15, 0.2) is 41.3 Å². The number of aliphatic hydroxyl groups is 1. The summed E-state index contributed by atoms with van der Waals surface area (Å²) in [6.45, 7) is 5.94. The molecule has 0 saturated carbocycles. The summed E-state index contributed by atoms with van der Waals surface area (Å²) in [7, 11) is 0. The van der Waals surface area contributed by atoms with Crippen LogP contribution in [0.25, 0.3) is 5.82 Å². The average molecular weight is 273 g/mol. The van der Waals surface area contributed by atoms with E-state index in [1.165, 1.54) is 4.57 Å². The van der Waals surface area contributed by atoms with E-state index in [-0.39, 0.29) is 5.56 Å². The molecule has 0 fully saturated rings. The Kier molecular flexibility index (Phi) is 3.90. The van der Waals surface area contributed by atoms with Gasteiger partial charge in [-0.3, -0.25) is 9.36 Å². The van der Waals surface area contributed by atoms with Crippen LogP contribution in [0.4, 0.5) is 5.69 Å². The predicted molar refractivity (Wildman–Crippen MR) is 79.2 cm³/mol. The van der Waals surface area contributed by atoms with E-state index in [4.69, 9.17) is 0 Å². The van der Waals surface area contributed by atoms with E-state index in [9.17, 15) is 9.90 Å². The second kappa shape index (κ2) is 5.46. The third kappa shape index (κ3) is 2.88. The zero-order valence-electron chi connectivity index (χ0n) is 11.9. The first-order valence-electron chi connectivity index (χ1n) is 6.59. The van der Waals surface area contributed by atoms with Crippen molar-refractivity contribution in [2.75, 3.05) is 11.9 Å². The highest BCUT2D eigenvalue weighted by Crippen LogP contribution is 2.18. The van der Waals surface area contributed by atoms with Gasteiger partial charge >= 0.3 is 0 Å². The molecular formula is C15H19N3O2. The van der Waals surface area contributed by atoms with Gasteiger partial charge in [-0.05, 0) is 45.0 Å². The smallest absolute Gasteiger partial charge is 0.279 e. The first-order valence-corrected chi connectivity index (χ1v) is 6.59. The molecule has 0 atom stereocenters. The topological polar surface area (TPSA) is 67.2 Å². The molecule has 0 spiro atoms. The van der Waals surface area contributed by atoms with Crippen molar-refractivity contribution < 1.29 is 5.11 Å². The molecule has 0 radical (unpaired) electrons. The van der Waals surface area contributed by atoms with Crippen molar-refractivity contribution in [3.05, 3.63) is 52.6 Å². The standard InChI is InChI=1S/C15H19N3O2/c1-4-16-11-7-6-10-18(14(11)19)13-9-5-8-12(17-13)15(2,3)20/h5-10,16,20H,4H2,1-3H3. The molecule has 106 valence electrons. The lowest BCUT2D eigenvalue weighted by Crippen LogP contribution is -2.24.